The Kier molecular flexibility index (Phi) is 2.98. The van der Waals surface area contributed by atoms with Gasteiger partial charge in [-0.2, -0.15) is 13.2 Å². The lowest BCUT2D eigenvalue weighted by Gasteiger charge is -2.10. The van der Waals surface area contributed by atoms with Gasteiger partial charge >= 0.3 is 6.18 Å². The molecule has 0 aromatic heterocycles. The summed E-state index contributed by atoms with van der Waals surface area (Å²) in [6.07, 6.45) is -4.55. The van der Waals surface area contributed by atoms with Crippen molar-refractivity contribution < 1.29 is 17.6 Å². The van der Waals surface area contributed by atoms with Crippen molar-refractivity contribution in [3.8, 4) is 11.1 Å². The Morgan fingerprint density at radius 2 is 1.56 bits per heavy atom. The van der Waals surface area contributed by atoms with Gasteiger partial charge in [0.15, 0.2) is 0 Å². The lowest BCUT2D eigenvalue weighted by molar-refractivity contribution is -0.137. The van der Waals surface area contributed by atoms with E-state index in [1.165, 1.54) is 0 Å². The van der Waals surface area contributed by atoms with Crippen LogP contribution in [0.25, 0.3) is 11.1 Å². The Labute approximate surface area is 101 Å². The molecule has 2 N–H and O–H groups in total. The fourth-order valence-corrected chi connectivity index (χ4v) is 1.65. The van der Waals surface area contributed by atoms with Gasteiger partial charge in [-0.25, -0.2) is 4.39 Å². The minimum absolute atomic E-state index is 0.0566. The monoisotopic (exact) mass is 255 g/mol. The molecule has 5 heteroatoms. The molecular weight excluding hydrogens is 246 g/mol. The molecule has 94 valence electrons. The number of halogens is 4. The standard InChI is InChI=1S/C13H9F4N/c14-11-7-8(13(15,16)17)5-6-9(11)10-3-1-2-4-12(10)18/h1-7H,18H2. The molecule has 0 saturated heterocycles. The average molecular weight is 255 g/mol. The second-order valence-electron chi connectivity index (χ2n) is 3.78. The third kappa shape index (κ3) is 2.30. The normalized spacial score (nSPS) is 11.6. The highest BCUT2D eigenvalue weighted by Gasteiger charge is 2.31. The first-order valence-corrected chi connectivity index (χ1v) is 5.11. The van der Waals surface area contributed by atoms with Gasteiger partial charge in [-0.1, -0.05) is 24.3 Å². The van der Waals surface area contributed by atoms with Gasteiger partial charge in [-0.05, 0) is 18.2 Å². The predicted octanol–water partition coefficient (Wildman–Crippen LogP) is 4.09. The highest BCUT2D eigenvalue weighted by Crippen LogP contribution is 2.34. The molecule has 2 aromatic rings. The van der Waals surface area contributed by atoms with Crippen LogP contribution < -0.4 is 5.73 Å². The van der Waals surface area contributed by atoms with Gasteiger partial charge in [0, 0.05) is 16.8 Å². The van der Waals surface area contributed by atoms with E-state index in [0.717, 1.165) is 12.1 Å². The van der Waals surface area contributed by atoms with Crippen molar-refractivity contribution in [2.75, 3.05) is 5.73 Å². The molecule has 0 unspecified atom stereocenters. The van der Waals surface area contributed by atoms with Gasteiger partial charge in [0.25, 0.3) is 0 Å². The lowest BCUT2D eigenvalue weighted by Crippen LogP contribution is -2.05. The summed E-state index contributed by atoms with van der Waals surface area (Å²) in [5.74, 6) is -0.942. The van der Waals surface area contributed by atoms with Crippen molar-refractivity contribution in [2.24, 2.45) is 0 Å². The first kappa shape index (κ1) is 12.4. The van der Waals surface area contributed by atoms with Gasteiger partial charge in [0.05, 0.1) is 5.56 Å². The molecule has 0 amide bonds. The van der Waals surface area contributed by atoms with Gasteiger partial charge in [-0.3, -0.25) is 0 Å². The lowest BCUT2D eigenvalue weighted by atomic mass is 10.0. The maximum atomic E-state index is 13.7. The minimum Gasteiger partial charge on any atom is -0.398 e. The van der Waals surface area contributed by atoms with Gasteiger partial charge < -0.3 is 5.73 Å². The van der Waals surface area contributed by atoms with Crippen LogP contribution in [0.5, 0.6) is 0 Å². The molecule has 0 bridgehead atoms. The Morgan fingerprint density at radius 3 is 2.11 bits per heavy atom. The Bertz CT molecular complexity index is 575. The van der Waals surface area contributed by atoms with Crippen LogP contribution in [0.2, 0.25) is 0 Å². The van der Waals surface area contributed by atoms with Gasteiger partial charge in [-0.15, -0.1) is 0 Å². The third-order valence-electron chi connectivity index (χ3n) is 2.55. The molecule has 2 rings (SSSR count). The summed E-state index contributed by atoms with van der Waals surface area (Å²) in [6.45, 7) is 0. The molecule has 0 atom stereocenters. The summed E-state index contributed by atoms with van der Waals surface area (Å²) >= 11 is 0. The number of nitrogens with two attached hydrogens (primary N) is 1. The average Bonchev–Trinajstić information content (AvgIpc) is 2.29. The fourth-order valence-electron chi connectivity index (χ4n) is 1.65. The molecule has 2 aromatic carbocycles. The molecule has 0 spiro atoms. The third-order valence-corrected chi connectivity index (χ3v) is 2.55. The number of alkyl halides is 3. The van der Waals surface area contributed by atoms with E-state index in [2.05, 4.69) is 0 Å². The topological polar surface area (TPSA) is 26.0 Å². The predicted molar refractivity (Wildman–Crippen MR) is 61.3 cm³/mol. The van der Waals surface area contributed by atoms with Gasteiger partial charge in [0.1, 0.15) is 5.82 Å². The SMILES string of the molecule is Nc1ccccc1-c1ccc(C(F)(F)F)cc1F. The largest absolute Gasteiger partial charge is 0.416 e. The van der Waals surface area contributed by atoms with Crippen molar-refractivity contribution >= 4 is 5.69 Å². The van der Waals surface area contributed by atoms with Crippen LogP contribution in [0.4, 0.5) is 23.2 Å². The van der Waals surface area contributed by atoms with E-state index >= 15 is 0 Å². The first-order valence-electron chi connectivity index (χ1n) is 5.11. The molecular formula is C13H9F4N. The molecule has 0 fully saturated rings. The van der Waals surface area contributed by atoms with Crippen LogP contribution in [0.15, 0.2) is 42.5 Å². The smallest absolute Gasteiger partial charge is 0.398 e. The summed E-state index contributed by atoms with van der Waals surface area (Å²) in [5.41, 5.74) is 5.39. The number of anilines is 1. The van der Waals surface area contributed by atoms with E-state index in [4.69, 9.17) is 5.73 Å². The number of hydrogen-bond donors (Lipinski definition) is 1. The zero-order valence-corrected chi connectivity index (χ0v) is 9.13. The molecule has 1 nitrogen and oxygen atoms in total. The molecule has 0 aliphatic carbocycles. The van der Waals surface area contributed by atoms with Crippen LogP contribution >= 0.6 is 0 Å². The summed E-state index contributed by atoms with van der Waals surface area (Å²) < 4.78 is 50.9. The highest BCUT2D eigenvalue weighted by molar-refractivity contribution is 5.76. The zero-order valence-electron chi connectivity index (χ0n) is 9.13. The maximum Gasteiger partial charge on any atom is 0.416 e. The second-order valence-corrected chi connectivity index (χ2v) is 3.78. The zero-order chi connectivity index (χ0) is 13.3. The van der Waals surface area contributed by atoms with E-state index in [1.807, 2.05) is 0 Å². The number of nitrogen functional groups attached to an aromatic ring is 1. The van der Waals surface area contributed by atoms with Crippen molar-refractivity contribution in [1.82, 2.24) is 0 Å². The summed E-state index contributed by atoms with van der Waals surface area (Å²) in [4.78, 5) is 0. The Hall–Kier alpha value is -2.04. The highest BCUT2D eigenvalue weighted by atomic mass is 19.4. The maximum absolute atomic E-state index is 13.7. The second kappa shape index (κ2) is 4.33. The minimum atomic E-state index is -4.55. The number of rotatable bonds is 1. The van der Waals surface area contributed by atoms with Crippen molar-refractivity contribution in [1.29, 1.82) is 0 Å². The van der Waals surface area contributed by atoms with E-state index in [9.17, 15) is 17.6 Å². The molecule has 0 aliphatic heterocycles. The Balaban J connectivity index is 2.52. The first-order chi connectivity index (χ1) is 8.39. The Morgan fingerprint density at radius 1 is 0.889 bits per heavy atom. The summed E-state index contributed by atoms with van der Waals surface area (Å²) in [5, 5.41) is 0. The number of hydrogen-bond acceptors (Lipinski definition) is 1. The van der Waals surface area contributed by atoms with Gasteiger partial charge in [0.2, 0.25) is 0 Å². The number of para-hydroxylation sites is 1. The van der Waals surface area contributed by atoms with E-state index < -0.39 is 17.6 Å². The summed E-state index contributed by atoms with van der Waals surface area (Å²) in [7, 11) is 0. The van der Waals surface area contributed by atoms with Crippen LogP contribution in [-0.4, -0.2) is 0 Å². The molecule has 0 radical (unpaired) electrons. The van der Waals surface area contributed by atoms with E-state index in [1.54, 1.807) is 24.3 Å². The number of benzene rings is 2. The summed E-state index contributed by atoms with van der Waals surface area (Å²) in [6, 6.07) is 8.83. The van der Waals surface area contributed by atoms with Crippen LogP contribution in [0, 0.1) is 5.82 Å². The molecule has 0 heterocycles. The molecule has 0 saturated carbocycles. The fraction of sp³-hybridized carbons (Fsp3) is 0.0769. The van der Waals surface area contributed by atoms with Crippen LogP contribution in [-0.2, 0) is 6.18 Å². The molecule has 18 heavy (non-hydrogen) atoms. The van der Waals surface area contributed by atoms with Crippen LogP contribution in [0.1, 0.15) is 5.56 Å². The van der Waals surface area contributed by atoms with E-state index in [0.29, 0.717) is 17.3 Å². The van der Waals surface area contributed by atoms with Crippen LogP contribution in [0.3, 0.4) is 0 Å². The quantitative estimate of drug-likeness (QED) is 0.602. The van der Waals surface area contributed by atoms with Crippen molar-refractivity contribution in [3.05, 3.63) is 53.8 Å². The molecule has 0 aliphatic rings. The van der Waals surface area contributed by atoms with Crippen molar-refractivity contribution in [3.63, 3.8) is 0 Å². The van der Waals surface area contributed by atoms with Crippen molar-refractivity contribution in [2.45, 2.75) is 6.18 Å². The van der Waals surface area contributed by atoms with E-state index in [-0.39, 0.29) is 5.56 Å².